The molecule has 0 bridgehead atoms. The van der Waals surface area contributed by atoms with E-state index in [0.717, 1.165) is 6.07 Å². The summed E-state index contributed by atoms with van der Waals surface area (Å²) < 4.78 is 54.3. The zero-order valence-corrected chi connectivity index (χ0v) is 15.6. The molecule has 2 aromatic carbocycles. The molecule has 26 heavy (non-hydrogen) atoms. The largest absolute Gasteiger partial charge is 0.493 e. The second-order valence-corrected chi connectivity index (χ2v) is 5.91. The highest BCUT2D eigenvalue weighted by atomic mass is 79.9. The predicted molar refractivity (Wildman–Crippen MR) is 93.2 cm³/mol. The van der Waals surface area contributed by atoms with E-state index in [4.69, 9.17) is 14.2 Å². The normalized spacial score (nSPS) is 11.0. The Morgan fingerprint density at radius 2 is 1.58 bits per heavy atom. The zero-order chi connectivity index (χ0) is 19.5. The molecule has 0 aromatic heterocycles. The summed E-state index contributed by atoms with van der Waals surface area (Å²) in [7, 11) is 4.20. The average Bonchev–Trinajstić information content (AvgIpc) is 2.60. The summed E-state index contributed by atoms with van der Waals surface area (Å²) in [5.41, 5.74) is -0.754. The van der Waals surface area contributed by atoms with E-state index in [0.29, 0.717) is 5.75 Å². The molecule has 1 amide bonds. The van der Waals surface area contributed by atoms with Gasteiger partial charge in [0.05, 0.1) is 26.9 Å². The Kier molecular flexibility index (Phi) is 6.01. The van der Waals surface area contributed by atoms with Crippen molar-refractivity contribution < 1.29 is 32.2 Å². The van der Waals surface area contributed by atoms with E-state index in [1.165, 1.54) is 45.6 Å². The average molecular weight is 434 g/mol. The molecule has 0 aliphatic carbocycles. The molecule has 9 heteroatoms. The van der Waals surface area contributed by atoms with Gasteiger partial charge in [0, 0.05) is 15.7 Å². The van der Waals surface area contributed by atoms with Gasteiger partial charge in [-0.3, -0.25) is 4.79 Å². The van der Waals surface area contributed by atoms with Crippen LogP contribution in [-0.4, -0.2) is 27.2 Å². The van der Waals surface area contributed by atoms with Gasteiger partial charge in [0.25, 0.3) is 5.91 Å². The molecule has 0 aliphatic heterocycles. The summed E-state index contributed by atoms with van der Waals surface area (Å²) in [4.78, 5) is 12.4. The smallest absolute Gasteiger partial charge is 0.417 e. The maximum Gasteiger partial charge on any atom is 0.417 e. The van der Waals surface area contributed by atoms with Gasteiger partial charge in [0.2, 0.25) is 5.75 Å². The Morgan fingerprint density at radius 3 is 2.04 bits per heavy atom. The van der Waals surface area contributed by atoms with E-state index in [2.05, 4.69) is 21.2 Å². The van der Waals surface area contributed by atoms with Crippen LogP contribution in [0.15, 0.2) is 34.8 Å². The van der Waals surface area contributed by atoms with Crippen molar-refractivity contribution in [3.63, 3.8) is 0 Å². The Bertz CT molecular complexity index is 799. The predicted octanol–water partition coefficient (Wildman–Crippen LogP) is 4.75. The van der Waals surface area contributed by atoms with Gasteiger partial charge in [-0.1, -0.05) is 15.9 Å². The number of amides is 1. The number of hydrogen-bond donors (Lipinski definition) is 1. The number of methoxy groups -OCH3 is 3. The molecule has 2 rings (SSSR count). The van der Waals surface area contributed by atoms with Crippen LogP contribution in [0.1, 0.15) is 15.9 Å². The lowest BCUT2D eigenvalue weighted by Gasteiger charge is -2.15. The van der Waals surface area contributed by atoms with Crippen molar-refractivity contribution >= 4 is 27.5 Å². The summed E-state index contributed by atoms with van der Waals surface area (Å²) in [6.07, 6.45) is -4.55. The number of carbonyl (C=O) groups excluding carboxylic acids is 1. The van der Waals surface area contributed by atoms with Crippen molar-refractivity contribution in [2.75, 3.05) is 26.6 Å². The lowest BCUT2D eigenvalue weighted by molar-refractivity contribution is -0.138. The van der Waals surface area contributed by atoms with Crippen LogP contribution in [0.25, 0.3) is 0 Å². The lowest BCUT2D eigenvalue weighted by Crippen LogP contribution is -2.14. The molecule has 5 nitrogen and oxygen atoms in total. The number of anilines is 1. The molecule has 140 valence electrons. The Balaban J connectivity index is 2.36. The molecule has 0 aliphatic rings. The van der Waals surface area contributed by atoms with Crippen molar-refractivity contribution in [3.8, 4) is 17.2 Å². The van der Waals surface area contributed by atoms with Crippen LogP contribution in [0.2, 0.25) is 0 Å². The molecule has 0 heterocycles. The van der Waals surface area contributed by atoms with Crippen LogP contribution in [0, 0.1) is 0 Å². The molecular weight excluding hydrogens is 419 g/mol. The second-order valence-electron chi connectivity index (χ2n) is 5.06. The van der Waals surface area contributed by atoms with E-state index in [1.54, 1.807) is 0 Å². The van der Waals surface area contributed by atoms with Crippen LogP contribution in [0.5, 0.6) is 17.2 Å². The van der Waals surface area contributed by atoms with Crippen molar-refractivity contribution in [1.82, 2.24) is 0 Å². The van der Waals surface area contributed by atoms with Crippen LogP contribution in [0.3, 0.4) is 0 Å². The minimum absolute atomic E-state index is 0.000670. The first kappa shape index (κ1) is 19.9. The first-order valence-electron chi connectivity index (χ1n) is 7.19. The maximum absolute atomic E-state index is 13.0. The maximum atomic E-state index is 13.0. The Morgan fingerprint density at radius 1 is 1.00 bits per heavy atom. The van der Waals surface area contributed by atoms with Crippen LogP contribution >= 0.6 is 15.9 Å². The van der Waals surface area contributed by atoms with Crippen LogP contribution in [0.4, 0.5) is 18.9 Å². The van der Waals surface area contributed by atoms with Gasteiger partial charge in [-0.15, -0.1) is 0 Å². The number of ether oxygens (including phenoxy) is 3. The van der Waals surface area contributed by atoms with Gasteiger partial charge in [-0.25, -0.2) is 0 Å². The number of carbonyl (C=O) groups is 1. The highest BCUT2D eigenvalue weighted by Gasteiger charge is 2.33. The van der Waals surface area contributed by atoms with Gasteiger partial charge < -0.3 is 19.5 Å². The zero-order valence-electron chi connectivity index (χ0n) is 14.0. The third kappa shape index (κ3) is 4.21. The first-order chi connectivity index (χ1) is 12.2. The summed E-state index contributed by atoms with van der Waals surface area (Å²) in [5.74, 6) is 0.182. The van der Waals surface area contributed by atoms with Crippen molar-refractivity contribution in [2.24, 2.45) is 0 Å². The third-order valence-corrected chi connectivity index (χ3v) is 4.15. The fourth-order valence-corrected chi connectivity index (χ4v) is 2.71. The standard InChI is InChI=1S/C17H15BrF3NO4/c1-24-13-6-9(7-14(25-2)15(13)26-3)16(23)22-10-4-5-12(18)11(8-10)17(19,20)21/h4-8H,1-3H3,(H,22,23). The Hall–Kier alpha value is -2.42. The molecule has 0 atom stereocenters. The molecule has 0 saturated carbocycles. The fraction of sp³-hybridized carbons (Fsp3) is 0.235. The fourth-order valence-electron chi connectivity index (χ4n) is 2.24. The Labute approximate surface area is 156 Å². The molecule has 0 spiro atoms. The van der Waals surface area contributed by atoms with Crippen molar-refractivity contribution in [1.29, 1.82) is 0 Å². The summed E-state index contributed by atoms with van der Waals surface area (Å²) in [6.45, 7) is 0. The number of nitrogens with one attached hydrogen (secondary N) is 1. The minimum atomic E-state index is -4.55. The highest BCUT2D eigenvalue weighted by molar-refractivity contribution is 9.10. The molecule has 0 unspecified atom stereocenters. The van der Waals surface area contributed by atoms with Crippen LogP contribution in [-0.2, 0) is 6.18 Å². The number of rotatable bonds is 5. The number of halogens is 4. The molecule has 1 N–H and O–H groups in total. The van der Waals surface area contributed by atoms with Gasteiger partial charge in [0.15, 0.2) is 11.5 Å². The number of benzene rings is 2. The minimum Gasteiger partial charge on any atom is -0.493 e. The molecule has 2 aromatic rings. The highest BCUT2D eigenvalue weighted by Crippen LogP contribution is 2.39. The topological polar surface area (TPSA) is 56.8 Å². The third-order valence-electron chi connectivity index (χ3n) is 3.46. The van der Waals surface area contributed by atoms with Gasteiger partial charge in [-0.2, -0.15) is 13.2 Å². The van der Waals surface area contributed by atoms with E-state index in [9.17, 15) is 18.0 Å². The summed E-state index contributed by atoms with van der Waals surface area (Å²) in [6, 6.07) is 6.23. The van der Waals surface area contributed by atoms with E-state index in [1.807, 2.05) is 0 Å². The first-order valence-corrected chi connectivity index (χ1v) is 7.98. The summed E-state index contributed by atoms with van der Waals surface area (Å²) in [5, 5.41) is 2.43. The van der Waals surface area contributed by atoms with Gasteiger partial charge in [0.1, 0.15) is 0 Å². The van der Waals surface area contributed by atoms with Crippen molar-refractivity contribution in [2.45, 2.75) is 6.18 Å². The van der Waals surface area contributed by atoms with Gasteiger partial charge >= 0.3 is 6.18 Å². The van der Waals surface area contributed by atoms with E-state index >= 15 is 0 Å². The molecule has 0 fully saturated rings. The monoisotopic (exact) mass is 433 g/mol. The molecule has 0 saturated heterocycles. The number of hydrogen-bond acceptors (Lipinski definition) is 4. The van der Waals surface area contributed by atoms with Gasteiger partial charge in [-0.05, 0) is 30.3 Å². The van der Waals surface area contributed by atoms with Crippen LogP contribution < -0.4 is 19.5 Å². The quantitative estimate of drug-likeness (QED) is 0.739. The number of alkyl halides is 3. The second kappa shape index (κ2) is 7.86. The van der Waals surface area contributed by atoms with E-state index in [-0.39, 0.29) is 27.2 Å². The summed E-state index contributed by atoms with van der Waals surface area (Å²) >= 11 is 2.85. The van der Waals surface area contributed by atoms with E-state index < -0.39 is 17.6 Å². The molecule has 0 radical (unpaired) electrons. The SMILES string of the molecule is COc1cc(C(=O)Nc2ccc(Br)c(C(F)(F)F)c2)cc(OC)c1OC. The van der Waals surface area contributed by atoms with Crippen molar-refractivity contribution in [3.05, 3.63) is 45.9 Å². The molecular formula is C17H15BrF3NO4. The lowest BCUT2D eigenvalue weighted by atomic mass is 10.1.